The standard InChI is InChI=1S/C15H13Cl2NO/c1-2-15(19)18-14-6-4-3-5-11(14)10-7-8-12(16)13(17)9-10/h3-9H,2H2,1H3,(H,18,19). The van der Waals surface area contributed by atoms with Crippen LogP contribution in [0.5, 0.6) is 0 Å². The minimum Gasteiger partial charge on any atom is -0.326 e. The highest BCUT2D eigenvalue weighted by molar-refractivity contribution is 6.42. The van der Waals surface area contributed by atoms with Gasteiger partial charge in [0.25, 0.3) is 0 Å². The Bertz CT molecular complexity index is 611. The Morgan fingerprint density at radius 1 is 1.11 bits per heavy atom. The van der Waals surface area contributed by atoms with E-state index in [1.807, 2.05) is 37.3 Å². The molecule has 1 N–H and O–H groups in total. The lowest BCUT2D eigenvalue weighted by atomic mass is 10.0. The average Bonchev–Trinajstić information content (AvgIpc) is 2.42. The topological polar surface area (TPSA) is 29.1 Å². The van der Waals surface area contributed by atoms with E-state index >= 15 is 0 Å². The smallest absolute Gasteiger partial charge is 0.224 e. The number of benzene rings is 2. The molecule has 2 aromatic carbocycles. The highest BCUT2D eigenvalue weighted by Crippen LogP contribution is 2.32. The van der Waals surface area contributed by atoms with Crippen LogP contribution in [-0.2, 0) is 4.79 Å². The highest BCUT2D eigenvalue weighted by atomic mass is 35.5. The Balaban J connectivity index is 2.43. The normalized spacial score (nSPS) is 10.3. The number of carbonyl (C=O) groups excluding carboxylic acids is 1. The molecule has 2 nitrogen and oxygen atoms in total. The van der Waals surface area contributed by atoms with Crippen LogP contribution in [0, 0.1) is 0 Å². The van der Waals surface area contributed by atoms with Gasteiger partial charge in [0.1, 0.15) is 0 Å². The third-order valence-corrected chi connectivity index (χ3v) is 3.49. The number of nitrogens with one attached hydrogen (secondary N) is 1. The number of carbonyl (C=O) groups is 1. The van der Waals surface area contributed by atoms with Crippen LogP contribution < -0.4 is 5.32 Å². The maximum atomic E-state index is 11.5. The van der Waals surface area contributed by atoms with Crippen molar-refractivity contribution in [3.8, 4) is 11.1 Å². The Kier molecular flexibility index (Phi) is 4.46. The first-order valence-corrected chi connectivity index (χ1v) is 6.71. The first-order chi connectivity index (χ1) is 9.11. The van der Waals surface area contributed by atoms with Gasteiger partial charge in [0.2, 0.25) is 5.91 Å². The third kappa shape index (κ3) is 3.28. The molecule has 0 spiro atoms. The average molecular weight is 294 g/mol. The first kappa shape index (κ1) is 13.9. The first-order valence-electron chi connectivity index (χ1n) is 5.96. The summed E-state index contributed by atoms with van der Waals surface area (Å²) in [6, 6.07) is 13.0. The van der Waals surface area contributed by atoms with Gasteiger partial charge in [0, 0.05) is 17.7 Å². The number of para-hydroxylation sites is 1. The molecule has 0 aliphatic heterocycles. The van der Waals surface area contributed by atoms with Gasteiger partial charge in [-0.3, -0.25) is 4.79 Å². The van der Waals surface area contributed by atoms with E-state index in [2.05, 4.69) is 5.32 Å². The van der Waals surface area contributed by atoms with Crippen molar-refractivity contribution >= 4 is 34.8 Å². The number of anilines is 1. The summed E-state index contributed by atoms with van der Waals surface area (Å²) in [6.45, 7) is 1.82. The second-order valence-corrected chi connectivity index (χ2v) is 4.89. The van der Waals surface area contributed by atoms with Crippen molar-refractivity contribution in [3.63, 3.8) is 0 Å². The molecule has 19 heavy (non-hydrogen) atoms. The van der Waals surface area contributed by atoms with Gasteiger partial charge in [0.05, 0.1) is 10.0 Å². The summed E-state index contributed by atoms with van der Waals surface area (Å²) in [5.74, 6) is -0.0208. The summed E-state index contributed by atoms with van der Waals surface area (Å²) in [5.41, 5.74) is 2.61. The minimum absolute atomic E-state index is 0.0208. The number of amides is 1. The lowest BCUT2D eigenvalue weighted by Gasteiger charge is -2.11. The summed E-state index contributed by atoms with van der Waals surface area (Å²) in [4.78, 5) is 11.5. The summed E-state index contributed by atoms with van der Waals surface area (Å²) in [5, 5.41) is 3.89. The molecule has 2 rings (SSSR count). The summed E-state index contributed by atoms with van der Waals surface area (Å²) >= 11 is 11.9. The Morgan fingerprint density at radius 2 is 1.84 bits per heavy atom. The van der Waals surface area contributed by atoms with Crippen molar-refractivity contribution < 1.29 is 4.79 Å². The van der Waals surface area contributed by atoms with Crippen LogP contribution in [0.1, 0.15) is 13.3 Å². The lowest BCUT2D eigenvalue weighted by Crippen LogP contribution is -2.10. The van der Waals surface area contributed by atoms with Crippen LogP contribution in [0.25, 0.3) is 11.1 Å². The molecule has 4 heteroatoms. The van der Waals surface area contributed by atoms with Crippen molar-refractivity contribution in [2.45, 2.75) is 13.3 Å². The zero-order chi connectivity index (χ0) is 13.8. The predicted octanol–water partition coefficient (Wildman–Crippen LogP) is 5.01. The molecule has 0 heterocycles. The van der Waals surface area contributed by atoms with Crippen LogP contribution in [0.2, 0.25) is 10.0 Å². The van der Waals surface area contributed by atoms with E-state index in [-0.39, 0.29) is 5.91 Å². The van der Waals surface area contributed by atoms with Crippen LogP contribution in [-0.4, -0.2) is 5.91 Å². The maximum absolute atomic E-state index is 11.5. The van der Waals surface area contributed by atoms with Gasteiger partial charge in [-0.05, 0) is 23.8 Å². The Morgan fingerprint density at radius 3 is 2.53 bits per heavy atom. The second kappa shape index (κ2) is 6.09. The maximum Gasteiger partial charge on any atom is 0.224 e. The summed E-state index contributed by atoms with van der Waals surface area (Å²) < 4.78 is 0. The molecule has 0 fully saturated rings. The van der Waals surface area contributed by atoms with Gasteiger partial charge in [-0.15, -0.1) is 0 Å². The van der Waals surface area contributed by atoms with E-state index in [1.54, 1.807) is 12.1 Å². The number of halogens is 2. The molecule has 0 aromatic heterocycles. The molecular weight excluding hydrogens is 281 g/mol. The number of rotatable bonds is 3. The van der Waals surface area contributed by atoms with Gasteiger partial charge < -0.3 is 5.32 Å². The molecule has 2 aromatic rings. The highest BCUT2D eigenvalue weighted by Gasteiger charge is 2.08. The lowest BCUT2D eigenvalue weighted by molar-refractivity contribution is -0.115. The van der Waals surface area contributed by atoms with Crippen molar-refractivity contribution in [2.24, 2.45) is 0 Å². The molecule has 0 saturated carbocycles. The van der Waals surface area contributed by atoms with Crippen LogP contribution in [0.3, 0.4) is 0 Å². The molecular formula is C15H13Cl2NO. The molecule has 0 unspecified atom stereocenters. The van der Waals surface area contributed by atoms with Gasteiger partial charge in [0.15, 0.2) is 0 Å². The zero-order valence-electron chi connectivity index (χ0n) is 10.4. The summed E-state index contributed by atoms with van der Waals surface area (Å²) in [7, 11) is 0. The molecule has 0 saturated heterocycles. The molecule has 0 bridgehead atoms. The monoisotopic (exact) mass is 293 g/mol. The van der Waals surface area contributed by atoms with Crippen molar-refractivity contribution in [3.05, 3.63) is 52.5 Å². The molecule has 0 atom stereocenters. The van der Waals surface area contributed by atoms with E-state index in [0.717, 1.165) is 16.8 Å². The van der Waals surface area contributed by atoms with E-state index in [1.165, 1.54) is 0 Å². The predicted molar refractivity (Wildman–Crippen MR) is 80.8 cm³/mol. The number of hydrogen-bond acceptors (Lipinski definition) is 1. The molecule has 0 aliphatic carbocycles. The molecule has 0 aliphatic rings. The Hall–Kier alpha value is -1.51. The van der Waals surface area contributed by atoms with Crippen LogP contribution in [0.15, 0.2) is 42.5 Å². The fourth-order valence-electron chi connectivity index (χ4n) is 1.75. The van der Waals surface area contributed by atoms with E-state index in [0.29, 0.717) is 16.5 Å². The fourth-order valence-corrected chi connectivity index (χ4v) is 2.04. The zero-order valence-corrected chi connectivity index (χ0v) is 11.9. The van der Waals surface area contributed by atoms with Gasteiger partial charge in [-0.2, -0.15) is 0 Å². The van der Waals surface area contributed by atoms with Gasteiger partial charge in [-0.1, -0.05) is 54.4 Å². The Labute approximate surface area is 122 Å². The van der Waals surface area contributed by atoms with Gasteiger partial charge in [-0.25, -0.2) is 0 Å². The van der Waals surface area contributed by atoms with Crippen LogP contribution >= 0.6 is 23.2 Å². The quantitative estimate of drug-likeness (QED) is 0.847. The van der Waals surface area contributed by atoms with E-state index in [4.69, 9.17) is 23.2 Å². The van der Waals surface area contributed by atoms with Crippen molar-refractivity contribution in [2.75, 3.05) is 5.32 Å². The minimum atomic E-state index is -0.0208. The van der Waals surface area contributed by atoms with Crippen LogP contribution in [0.4, 0.5) is 5.69 Å². The van der Waals surface area contributed by atoms with E-state index < -0.39 is 0 Å². The SMILES string of the molecule is CCC(=O)Nc1ccccc1-c1ccc(Cl)c(Cl)c1. The fraction of sp³-hybridized carbons (Fsp3) is 0.133. The molecule has 1 amide bonds. The van der Waals surface area contributed by atoms with Crippen molar-refractivity contribution in [1.29, 1.82) is 0 Å². The van der Waals surface area contributed by atoms with E-state index in [9.17, 15) is 4.79 Å². The summed E-state index contributed by atoms with van der Waals surface area (Å²) in [6.07, 6.45) is 0.440. The largest absolute Gasteiger partial charge is 0.326 e. The molecule has 98 valence electrons. The second-order valence-electron chi connectivity index (χ2n) is 4.08. The van der Waals surface area contributed by atoms with Gasteiger partial charge >= 0.3 is 0 Å². The number of hydrogen-bond donors (Lipinski definition) is 1. The molecule has 0 radical (unpaired) electrons. The third-order valence-electron chi connectivity index (χ3n) is 2.75. The van der Waals surface area contributed by atoms with Crippen molar-refractivity contribution in [1.82, 2.24) is 0 Å².